The lowest BCUT2D eigenvalue weighted by Crippen LogP contribution is -2.05. The largest absolute Gasteiger partial charge is 0.872 e. The van der Waals surface area contributed by atoms with Crippen molar-refractivity contribution in [1.82, 2.24) is 0 Å². The quantitative estimate of drug-likeness (QED) is 0.676. The van der Waals surface area contributed by atoms with Gasteiger partial charge in [-0.25, -0.2) is 8.42 Å². The number of hydrogen-bond donors (Lipinski definition) is 0. The first-order chi connectivity index (χ1) is 6.38. The average Bonchev–Trinajstić information content (AvgIpc) is 2.02. The van der Waals surface area contributed by atoms with E-state index in [1.165, 1.54) is 0 Å². The fraction of sp³-hybridized carbons (Fsp3) is 0.200. The third-order valence-corrected chi connectivity index (χ3v) is 2.30. The van der Waals surface area contributed by atoms with Crippen molar-refractivity contribution in [3.8, 4) is 0 Å². The molecule has 0 radical (unpaired) electrons. The van der Waals surface area contributed by atoms with Crippen LogP contribution in [0.2, 0.25) is 0 Å². The maximum absolute atomic E-state index is 11.3. The first-order valence-electron chi connectivity index (χ1n) is 4.04. The Morgan fingerprint density at radius 1 is 1.29 bits per heavy atom. The molecule has 0 aliphatic heterocycles. The Kier molecular flexibility index (Phi) is 2.96. The monoisotopic (exact) mass is 211 g/mol. The van der Waals surface area contributed by atoms with Crippen LogP contribution in [-0.2, 0) is 9.84 Å². The third kappa shape index (κ3) is 3.22. The molecule has 0 bridgehead atoms. The molecule has 0 saturated carbocycles. The van der Waals surface area contributed by atoms with E-state index in [9.17, 15) is 13.5 Å². The molecule has 76 valence electrons. The molecule has 0 amide bonds. The van der Waals surface area contributed by atoms with Crippen molar-refractivity contribution in [2.24, 2.45) is 0 Å². The molecule has 0 atom stereocenters. The molecular weight excluding hydrogens is 200 g/mol. The van der Waals surface area contributed by atoms with Crippen LogP contribution in [0, 0.1) is 6.92 Å². The topological polar surface area (TPSA) is 57.2 Å². The van der Waals surface area contributed by atoms with E-state index < -0.39 is 15.6 Å². The van der Waals surface area contributed by atoms with Crippen LogP contribution in [0.15, 0.2) is 29.7 Å². The molecule has 0 saturated heterocycles. The van der Waals surface area contributed by atoms with Gasteiger partial charge in [0.15, 0.2) is 9.84 Å². The summed E-state index contributed by atoms with van der Waals surface area (Å²) in [5.41, 5.74) is 1.42. The average molecular weight is 211 g/mol. The second-order valence-corrected chi connectivity index (χ2v) is 5.07. The van der Waals surface area contributed by atoms with Crippen LogP contribution >= 0.6 is 0 Å². The van der Waals surface area contributed by atoms with Gasteiger partial charge in [0, 0.05) is 11.7 Å². The van der Waals surface area contributed by atoms with Gasteiger partial charge in [0.25, 0.3) is 0 Å². The number of sulfone groups is 1. The minimum Gasteiger partial charge on any atom is -0.872 e. The zero-order valence-electron chi connectivity index (χ0n) is 8.02. The Labute approximate surface area is 83.6 Å². The summed E-state index contributed by atoms with van der Waals surface area (Å²) in [5, 5.41) is 12.1. The highest BCUT2D eigenvalue weighted by Gasteiger charge is 1.96. The molecule has 0 heterocycles. The molecule has 1 aromatic rings. The summed E-state index contributed by atoms with van der Waals surface area (Å²) in [4.78, 5) is 0. The lowest BCUT2D eigenvalue weighted by atomic mass is 10.1. The Bertz CT molecular complexity index is 441. The van der Waals surface area contributed by atoms with Crippen LogP contribution < -0.4 is 5.11 Å². The van der Waals surface area contributed by atoms with Gasteiger partial charge in [0.2, 0.25) is 0 Å². The molecule has 0 fully saturated rings. The Morgan fingerprint density at radius 3 is 2.21 bits per heavy atom. The van der Waals surface area contributed by atoms with Gasteiger partial charge >= 0.3 is 0 Å². The maximum atomic E-state index is 11.3. The van der Waals surface area contributed by atoms with E-state index in [4.69, 9.17) is 0 Å². The smallest absolute Gasteiger partial charge is 0.168 e. The molecule has 0 unspecified atom stereocenters. The maximum Gasteiger partial charge on any atom is 0.168 e. The highest BCUT2D eigenvalue weighted by Crippen LogP contribution is 2.10. The standard InChI is InChI=1S/C10H12O3S/c1-8-3-5-9(6-4-8)10(11)7-14(2,12)13/h3-7,11H,1-2H3/p-1/b10-7-. The molecule has 14 heavy (non-hydrogen) atoms. The van der Waals surface area contributed by atoms with Crippen LogP contribution in [-0.4, -0.2) is 14.7 Å². The Balaban J connectivity index is 3.07. The van der Waals surface area contributed by atoms with E-state index in [1.807, 2.05) is 6.92 Å². The van der Waals surface area contributed by atoms with Gasteiger partial charge in [-0.05, 0) is 12.5 Å². The Hall–Kier alpha value is -1.29. The minimum absolute atomic E-state index is 0.390. The molecule has 1 rings (SSSR count). The van der Waals surface area contributed by atoms with E-state index in [2.05, 4.69) is 0 Å². The molecule has 0 aromatic heterocycles. The molecule has 1 aromatic carbocycles. The highest BCUT2D eigenvalue weighted by molar-refractivity contribution is 7.93. The van der Waals surface area contributed by atoms with Crippen molar-refractivity contribution < 1.29 is 13.5 Å². The highest BCUT2D eigenvalue weighted by atomic mass is 32.2. The molecular formula is C10H11O3S-. The summed E-state index contributed by atoms with van der Waals surface area (Å²) in [6, 6.07) is 6.76. The number of benzene rings is 1. The second kappa shape index (κ2) is 3.84. The fourth-order valence-electron chi connectivity index (χ4n) is 0.980. The van der Waals surface area contributed by atoms with Gasteiger partial charge in [-0.1, -0.05) is 35.6 Å². The van der Waals surface area contributed by atoms with Gasteiger partial charge < -0.3 is 5.11 Å². The normalized spacial score (nSPS) is 12.9. The second-order valence-electron chi connectivity index (χ2n) is 3.18. The lowest BCUT2D eigenvalue weighted by molar-refractivity contribution is -0.243. The first kappa shape index (κ1) is 10.8. The number of hydrogen-bond acceptors (Lipinski definition) is 3. The number of aryl methyl sites for hydroxylation is 1. The summed E-state index contributed by atoms with van der Waals surface area (Å²) in [5.74, 6) is -0.479. The van der Waals surface area contributed by atoms with Crippen LogP contribution in [0.3, 0.4) is 0 Å². The van der Waals surface area contributed by atoms with Crippen LogP contribution in [0.4, 0.5) is 0 Å². The van der Waals surface area contributed by atoms with Crippen LogP contribution in [0.1, 0.15) is 11.1 Å². The summed E-state index contributed by atoms with van der Waals surface area (Å²) < 4.78 is 21.6. The predicted molar refractivity (Wildman–Crippen MR) is 54.0 cm³/mol. The van der Waals surface area contributed by atoms with E-state index in [1.54, 1.807) is 24.3 Å². The zero-order chi connectivity index (χ0) is 10.8. The Morgan fingerprint density at radius 2 is 1.79 bits per heavy atom. The van der Waals surface area contributed by atoms with Gasteiger partial charge in [0.05, 0.1) is 0 Å². The summed E-state index contributed by atoms with van der Waals surface area (Å²) >= 11 is 0. The summed E-state index contributed by atoms with van der Waals surface area (Å²) in [6.45, 7) is 1.90. The van der Waals surface area contributed by atoms with E-state index in [0.29, 0.717) is 5.56 Å². The molecule has 0 N–H and O–H groups in total. The van der Waals surface area contributed by atoms with E-state index in [0.717, 1.165) is 17.2 Å². The van der Waals surface area contributed by atoms with Crippen molar-refractivity contribution in [1.29, 1.82) is 0 Å². The molecule has 3 nitrogen and oxygen atoms in total. The zero-order valence-corrected chi connectivity index (χ0v) is 8.84. The SMILES string of the molecule is Cc1ccc(/C([O-])=C/S(C)(=O)=O)cc1. The molecule has 0 aliphatic carbocycles. The van der Waals surface area contributed by atoms with E-state index in [-0.39, 0.29) is 0 Å². The summed E-state index contributed by atoms with van der Waals surface area (Å²) in [7, 11) is -3.36. The van der Waals surface area contributed by atoms with Gasteiger partial charge in [-0.3, -0.25) is 0 Å². The minimum atomic E-state index is -3.36. The molecule has 0 aliphatic rings. The molecule has 4 heteroatoms. The van der Waals surface area contributed by atoms with Crippen molar-refractivity contribution in [3.63, 3.8) is 0 Å². The lowest BCUT2D eigenvalue weighted by Gasteiger charge is -2.11. The van der Waals surface area contributed by atoms with Crippen LogP contribution in [0.5, 0.6) is 0 Å². The molecule has 0 spiro atoms. The van der Waals surface area contributed by atoms with Gasteiger partial charge in [-0.2, -0.15) is 0 Å². The van der Waals surface area contributed by atoms with Crippen molar-refractivity contribution in [3.05, 3.63) is 40.8 Å². The van der Waals surface area contributed by atoms with Gasteiger partial charge in [-0.15, -0.1) is 0 Å². The fourth-order valence-corrected chi connectivity index (χ4v) is 1.51. The predicted octanol–water partition coefficient (Wildman–Crippen LogP) is 0.698. The van der Waals surface area contributed by atoms with Gasteiger partial charge in [0.1, 0.15) is 0 Å². The third-order valence-electron chi connectivity index (χ3n) is 1.66. The van der Waals surface area contributed by atoms with Crippen molar-refractivity contribution in [2.75, 3.05) is 6.26 Å². The first-order valence-corrected chi connectivity index (χ1v) is 6.00. The van der Waals surface area contributed by atoms with E-state index >= 15 is 0 Å². The van der Waals surface area contributed by atoms with Crippen molar-refractivity contribution in [2.45, 2.75) is 6.92 Å². The van der Waals surface area contributed by atoms with Crippen LogP contribution in [0.25, 0.3) is 5.76 Å². The summed E-state index contributed by atoms with van der Waals surface area (Å²) in [6.07, 6.45) is 0.999. The van der Waals surface area contributed by atoms with Crippen molar-refractivity contribution >= 4 is 15.6 Å². The number of rotatable bonds is 2.